The maximum atomic E-state index is 12.2. The van der Waals surface area contributed by atoms with Crippen LogP contribution in [0.3, 0.4) is 0 Å². The highest BCUT2D eigenvalue weighted by atomic mass is 79.9. The average molecular weight is 357 g/mol. The predicted molar refractivity (Wildman–Crippen MR) is 87.6 cm³/mol. The van der Waals surface area contributed by atoms with E-state index >= 15 is 0 Å². The molecule has 1 saturated carbocycles. The van der Waals surface area contributed by atoms with Crippen molar-refractivity contribution in [3.05, 3.63) is 26.3 Å². The first-order valence-corrected chi connectivity index (χ1v) is 8.63. The highest BCUT2D eigenvalue weighted by molar-refractivity contribution is 9.10. The van der Waals surface area contributed by atoms with Gasteiger partial charge >= 0.3 is 0 Å². The number of hydrogen-bond donors (Lipinski definition) is 1. The van der Waals surface area contributed by atoms with Crippen molar-refractivity contribution in [2.24, 2.45) is 5.92 Å². The van der Waals surface area contributed by atoms with Gasteiger partial charge in [0.15, 0.2) is 0 Å². The number of aromatic amines is 1. The van der Waals surface area contributed by atoms with Gasteiger partial charge in [-0.25, -0.2) is 4.98 Å². The molecule has 118 valence electrons. The lowest BCUT2D eigenvalue weighted by Gasteiger charge is -2.38. The Balaban J connectivity index is 2.48. The van der Waals surface area contributed by atoms with Crippen LogP contribution in [-0.2, 0) is 10.3 Å². The fourth-order valence-electron chi connectivity index (χ4n) is 3.03. The van der Waals surface area contributed by atoms with Crippen molar-refractivity contribution in [3.63, 3.8) is 0 Å². The molecule has 1 fully saturated rings. The third-order valence-electron chi connectivity index (χ3n) is 4.37. The summed E-state index contributed by atoms with van der Waals surface area (Å²) in [5, 5.41) is 0. The molecule has 1 aliphatic carbocycles. The summed E-state index contributed by atoms with van der Waals surface area (Å²) in [6.07, 6.45) is 4.06. The molecule has 1 heterocycles. The molecule has 21 heavy (non-hydrogen) atoms. The van der Waals surface area contributed by atoms with Crippen molar-refractivity contribution in [1.82, 2.24) is 9.97 Å². The normalized spacial score (nSPS) is 26.3. The van der Waals surface area contributed by atoms with Crippen LogP contribution in [0.25, 0.3) is 0 Å². The van der Waals surface area contributed by atoms with E-state index in [1.807, 2.05) is 20.8 Å². The number of H-pyrrole nitrogens is 1. The third kappa shape index (κ3) is 3.39. The topological polar surface area (TPSA) is 55.0 Å². The third-order valence-corrected chi connectivity index (χ3v) is 5.14. The molecule has 0 unspecified atom stereocenters. The lowest BCUT2D eigenvalue weighted by Crippen LogP contribution is -2.38. The van der Waals surface area contributed by atoms with Gasteiger partial charge in [0.05, 0.1) is 5.69 Å². The first-order valence-electron chi connectivity index (χ1n) is 7.83. The van der Waals surface area contributed by atoms with E-state index in [4.69, 9.17) is 9.72 Å². The molecule has 1 aromatic rings. The molecule has 0 spiro atoms. The SMILES string of the molecule is CCOC1(c2nc(C(C)C)c(Br)c(=O)[nH]2)CCC(C)CC1. The minimum Gasteiger partial charge on any atom is -0.367 e. The Bertz CT molecular complexity index is 546. The van der Waals surface area contributed by atoms with Gasteiger partial charge in [-0.2, -0.15) is 0 Å². The number of nitrogens with zero attached hydrogens (tertiary/aromatic N) is 1. The minimum absolute atomic E-state index is 0.110. The largest absolute Gasteiger partial charge is 0.367 e. The van der Waals surface area contributed by atoms with E-state index in [9.17, 15) is 4.79 Å². The van der Waals surface area contributed by atoms with Crippen LogP contribution in [0.4, 0.5) is 0 Å². The number of hydrogen-bond acceptors (Lipinski definition) is 3. The fourth-order valence-corrected chi connectivity index (χ4v) is 3.67. The summed E-state index contributed by atoms with van der Waals surface area (Å²) in [6.45, 7) is 9.00. The minimum atomic E-state index is -0.426. The molecule has 0 aliphatic heterocycles. The molecule has 5 heteroatoms. The van der Waals surface area contributed by atoms with E-state index in [-0.39, 0.29) is 11.5 Å². The van der Waals surface area contributed by atoms with Crippen LogP contribution in [-0.4, -0.2) is 16.6 Å². The lowest BCUT2D eigenvalue weighted by atomic mass is 9.78. The van der Waals surface area contributed by atoms with Gasteiger partial charge < -0.3 is 9.72 Å². The quantitative estimate of drug-likeness (QED) is 0.883. The molecule has 0 radical (unpaired) electrons. The van der Waals surface area contributed by atoms with Gasteiger partial charge in [0, 0.05) is 6.61 Å². The van der Waals surface area contributed by atoms with E-state index in [0.717, 1.165) is 31.4 Å². The van der Waals surface area contributed by atoms with Crippen molar-refractivity contribution in [3.8, 4) is 0 Å². The monoisotopic (exact) mass is 356 g/mol. The maximum absolute atomic E-state index is 12.2. The van der Waals surface area contributed by atoms with Gasteiger partial charge in [-0.1, -0.05) is 20.8 Å². The summed E-state index contributed by atoms with van der Waals surface area (Å²) < 4.78 is 6.63. The molecule has 1 aromatic heterocycles. The standard InChI is InChI=1S/C16H25BrN2O2/c1-5-21-16(8-6-11(4)7-9-16)15-18-13(10(2)3)12(17)14(20)19-15/h10-11H,5-9H2,1-4H3,(H,18,19,20). The Kier molecular flexibility index (Phi) is 5.25. The highest BCUT2D eigenvalue weighted by Crippen LogP contribution is 2.41. The van der Waals surface area contributed by atoms with Gasteiger partial charge in [-0.3, -0.25) is 4.79 Å². The van der Waals surface area contributed by atoms with E-state index < -0.39 is 5.60 Å². The van der Waals surface area contributed by atoms with Gasteiger partial charge in [-0.05, 0) is 60.4 Å². The molecule has 1 aliphatic rings. The van der Waals surface area contributed by atoms with E-state index in [1.54, 1.807) is 0 Å². The number of rotatable bonds is 4. The zero-order chi connectivity index (χ0) is 15.6. The second-order valence-electron chi connectivity index (χ2n) is 6.38. The van der Waals surface area contributed by atoms with Crippen LogP contribution in [0.2, 0.25) is 0 Å². The highest BCUT2D eigenvalue weighted by Gasteiger charge is 2.39. The van der Waals surface area contributed by atoms with Crippen molar-refractivity contribution in [2.75, 3.05) is 6.61 Å². The Labute approximate surface area is 134 Å². The Morgan fingerprint density at radius 1 is 1.43 bits per heavy atom. The van der Waals surface area contributed by atoms with Crippen LogP contribution in [0.15, 0.2) is 9.27 Å². The van der Waals surface area contributed by atoms with Gasteiger partial charge in [0.1, 0.15) is 15.9 Å². The van der Waals surface area contributed by atoms with Crippen LogP contribution in [0.1, 0.15) is 70.8 Å². The second-order valence-corrected chi connectivity index (χ2v) is 7.17. The van der Waals surface area contributed by atoms with Crippen molar-refractivity contribution in [2.45, 2.75) is 64.9 Å². The van der Waals surface area contributed by atoms with Crippen LogP contribution in [0.5, 0.6) is 0 Å². The summed E-state index contributed by atoms with van der Waals surface area (Å²) in [7, 11) is 0. The molecule has 0 aromatic carbocycles. The number of aromatic nitrogens is 2. The summed E-state index contributed by atoms with van der Waals surface area (Å²) in [5.41, 5.74) is 0.276. The van der Waals surface area contributed by atoms with E-state index in [0.29, 0.717) is 22.8 Å². The smallest absolute Gasteiger partial charge is 0.265 e. The second kappa shape index (κ2) is 6.61. The van der Waals surface area contributed by atoms with Gasteiger partial charge in [0.25, 0.3) is 5.56 Å². The molecular formula is C16H25BrN2O2. The molecule has 0 saturated heterocycles. The van der Waals surface area contributed by atoms with Crippen molar-refractivity contribution < 1.29 is 4.74 Å². The van der Waals surface area contributed by atoms with Crippen LogP contribution >= 0.6 is 15.9 Å². The molecule has 0 bridgehead atoms. The fraction of sp³-hybridized carbons (Fsp3) is 0.750. The molecular weight excluding hydrogens is 332 g/mol. The Hall–Kier alpha value is -0.680. The Morgan fingerprint density at radius 3 is 2.57 bits per heavy atom. The molecule has 1 N–H and O–H groups in total. The summed E-state index contributed by atoms with van der Waals surface area (Å²) in [6, 6.07) is 0. The number of ether oxygens (including phenoxy) is 1. The zero-order valence-corrected chi connectivity index (χ0v) is 14.9. The first-order chi connectivity index (χ1) is 9.89. The van der Waals surface area contributed by atoms with E-state index in [1.165, 1.54) is 0 Å². The summed E-state index contributed by atoms with van der Waals surface area (Å²) in [4.78, 5) is 19.9. The predicted octanol–water partition coefficient (Wildman–Crippen LogP) is 4.10. The van der Waals surface area contributed by atoms with Crippen LogP contribution in [0, 0.1) is 5.92 Å². The van der Waals surface area contributed by atoms with E-state index in [2.05, 4.69) is 27.8 Å². The number of nitrogens with one attached hydrogen (secondary N) is 1. The maximum Gasteiger partial charge on any atom is 0.265 e. The van der Waals surface area contributed by atoms with Crippen molar-refractivity contribution in [1.29, 1.82) is 0 Å². The Morgan fingerprint density at radius 2 is 2.05 bits per heavy atom. The summed E-state index contributed by atoms with van der Waals surface area (Å²) in [5.74, 6) is 1.61. The average Bonchev–Trinajstić information content (AvgIpc) is 2.44. The molecule has 0 atom stereocenters. The molecule has 4 nitrogen and oxygen atoms in total. The molecule has 0 amide bonds. The van der Waals surface area contributed by atoms with Crippen LogP contribution < -0.4 is 5.56 Å². The first kappa shape index (κ1) is 16.7. The van der Waals surface area contributed by atoms with Gasteiger partial charge in [-0.15, -0.1) is 0 Å². The zero-order valence-electron chi connectivity index (χ0n) is 13.3. The summed E-state index contributed by atoms with van der Waals surface area (Å²) >= 11 is 3.36. The van der Waals surface area contributed by atoms with Gasteiger partial charge in [0.2, 0.25) is 0 Å². The number of halogens is 1. The van der Waals surface area contributed by atoms with Crippen molar-refractivity contribution >= 4 is 15.9 Å². The lowest BCUT2D eigenvalue weighted by molar-refractivity contribution is -0.0840. The molecule has 2 rings (SSSR count).